The molecular weight excluding hydrogens is 368 g/mol. The molecule has 3 fully saturated rings. The van der Waals surface area contributed by atoms with Crippen molar-refractivity contribution in [2.45, 2.75) is 105 Å². The quantitative estimate of drug-likeness (QED) is 0.442. The number of rotatable bonds is 7. The van der Waals surface area contributed by atoms with Gasteiger partial charge < -0.3 is 14.2 Å². The minimum Gasteiger partial charge on any atom is -0.466 e. The van der Waals surface area contributed by atoms with Crippen LogP contribution in [0.25, 0.3) is 0 Å². The predicted molar refractivity (Wildman–Crippen MR) is 111 cm³/mol. The minimum atomic E-state index is -0.201. The number of hydrogen-bond donors (Lipinski definition) is 0. The highest BCUT2D eigenvalue weighted by Gasteiger charge is 2.71. The smallest absolute Gasteiger partial charge is 0.302 e. The summed E-state index contributed by atoms with van der Waals surface area (Å²) in [6, 6.07) is 0. The van der Waals surface area contributed by atoms with Crippen molar-refractivity contribution in [2.24, 2.45) is 28.6 Å². The molecule has 3 rings (SSSR count). The number of carbonyl (C=O) groups excluding carboxylic acids is 2. The number of ether oxygens (including phenoxy) is 3. The molecule has 0 aromatic rings. The third-order valence-electron chi connectivity index (χ3n) is 8.56. The minimum absolute atomic E-state index is 0.00873. The van der Waals surface area contributed by atoms with Crippen LogP contribution in [0.15, 0.2) is 0 Å². The Bertz CT molecular complexity index is 643. The molecule has 29 heavy (non-hydrogen) atoms. The molecule has 2 aliphatic carbocycles. The van der Waals surface area contributed by atoms with Crippen molar-refractivity contribution in [1.82, 2.24) is 0 Å². The van der Waals surface area contributed by atoms with Gasteiger partial charge in [-0.1, -0.05) is 34.1 Å². The summed E-state index contributed by atoms with van der Waals surface area (Å²) in [7, 11) is 0. The van der Waals surface area contributed by atoms with Crippen LogP contribution in [0.1, 0.15) is 87.0 Å². The molecule has 0 spiro atoms. The Morgan fingerprint density at radius 2 is 1.79 bits per heavy atom. The Kier molecular flexibility index (Phi) is 6.12. The molecule has 0 unspecified atom stereocenters. The lowest BCUT2D eigenvalue weighted by atomic mass is 9.45. The number of carbonyl (C=O) groups is 2. The number of fused-ring (bicyclic) bond motifs is 2. The molecule has 5 heteroatoms. The average molecular weight is 409 g/mol. The first-order valence-electron chi connectivity index (χ1n) is 11.4. The summed E-state index contributed by atoms with van der Waals surface area (Å²) in [6.07, 6.45) is 6.56. The van der Waals surface area contributed by atoms with E-state index in [2.05, 4.69) is 34.6 Å². The Morgan fingerprint density at radius 3 is 2.41 bits per heavy atom. The number of hydrogen-bond acceptors (Lipinski definition) is 5. The molecule has 2 saturated carbocycles. The van der Waals surface area contributed by atoms with Gasteiger partial charge in [0, 0.05) is 19.3 Å². The molecule has 0 N–H and O–H groups in total. The summed E-state index contributed by atoms with van der Waals surface area (Å²) >= 11 is 0. The van der Waals surface area contributed by atoms with E-state index < -0.39 is 0 Å². The second-order valence-corrected chi connectivity index (χ2v) is 10.9. The van der Waals surface area contributed by atoms with Crippen LogP contribution >= 0.6 is 0 Å². The fourth-order valence-electron chi connectivity index (χ4n) is 6.81. The average Bonchev–Trinajstić information content (AvgIpc) is 3.26. The maximum absolute atomic E-state index is 11.7. The van der Waals surface area contributed by atoms with Crippen molar-refractivity contribution in [1.29, 1.82) is 0 Å². The Balaban J connectivity index is 1.71. The van der Waals surface area contributed by atoms with E-state index in [1.165, 1.54) is 13.8 Å². The van der Waals surface area contributed by atoms with Crippen LogP contribution in [0.2, 0.25) is 0 Å². The maximum Gasteiger partial charge on any atom is 0.302 e. The van der Waals surface area contributed by atoms with Crippen LogP contribution in [-0.4, -0.2) is 36.4 Å². The van der Waals surface area contributed by atoms with Gasteiger partial charge in [-0.2, -0.15) is 0 Å². The van der Waals surface area contributed by atoms with Gasteiger partial charge in [0.05, 0.1) is 18.3 Å². The topological polar surface area (TPSA) is 65.1 Å². The van der Waals surface area contributed by atoms with Gasteiger partial charge in [0.2, 0.25) is 0 Å². The summed E-state index contributed by atoms with van der Waals surface area (Å²) in [5.41, 5.74) is 0.133. The number of epoxide rings is 1. The summed E-state index contributed by atoms with van der Waals surface area (Å²) in [6.45, 7) is 15.1. The highest BCUT2D eigenvalue weighted by Crippen LogP contribution is 2.69. The van der Waals surface area contributed by atoms with Crippen molar-refractivity contribution in [3.63, 3.8) is 0 Å². The molecule has 0 bridgehead atoms. The van der Waals surface area contributed by atoms with Gasteiger partial charge in [-0.3, -0.25) is 9.59 Å². The summed E-state index contributed by atoms with van der Waals surface area (Å²) in [4.78, 5) is 22.7. The zero-order valence-corrected chi connectivity index (χ0v) is 19.4. The predicted octanol–water partition coefficient (Wildman–Crippen LogP) is 4.91. The van der Waals surface area contributed by atoms with Crippen molar-refractivity contribution in [3.8, 4) is 0 Å². The van der Waals surface area contributed by atoms with Gasteiger partial charge in [0.25, 0.3) is 0 Å². The number of esters is 2. The normalized spacial score (nSPS) is 40.9. The van der Waals surface area contributed by atoms with E-state index in [-0.39, 0.29) is 34.5 Å². The standard InChI is InChI=1S/C24H40O5/c1-15(11-13-27-16(2)25)8-9-18-23(6)12-10-20(28-17(3)26)22(4,5)19(23)14-21-24(18,7)29-21/h15,18-21H,8-14H2,1-7H3/t15-,18+,19-,20-,21-,23+,24+/m0/s1. The second kappa shape index (κ2) is 7.86. The molecule has 0 radical (unpaired) electrons. The van der Waals surface area contributed by atoms with Crippen LogP contribution in [0, 0.1) is 28.6 Å². The first-order valence-corrected chi connectivity index (χ1v) is 11.4. The monoisotopic (exact) mass is 408 g/mol. The van der Waals surface area contributed by atoms with Gasteiger partial charge in [-0.05, 0) is 62.2 Å². The van der Waals surface area contributed by atoms with Crippen LogP contribution in [-0.2, 0) is 23.8 Å². The van der Waals surface area contributed by atoms with Gasteiger partial charge in [0.1, 0.15) is 6.10 Å². The van der Waals surface area contributed by atoms with E-state index in [1.54, 1.807) is 0 Å². The molecule has 1 saturated heterocycles. The molecule has 7 atom stereocenters. The molecular formula is C24H40O5. The molecule has 0 amide bonds. The molecule has 1 heterocycles. The van der Waals surface area contributed by atoms with Crippen molar-refractivity contribution >= 4 is 11.9 Å². The molecule has 3 aliphatic rings. The van der Waals surface area contributed by atoms with Crippen molar-refractivity contribution in [2.75, 3.05) is 6.61 Å². The van der Waals surface area contributed by atoms with Crippen LogP contribution in [0.4, 0.5) is 0 Å². The van der Waals surface area contributed by atoms with Gasteiger partial charge in [0.15, 0.2) is 0 Å². The molecule has 5 nitrogen and oxygen atoms in total. The third-order valence-corrected chi connectivity index (χ3v) is 8.56. The Morgan fingerprint density at radius 1 is 1.10 bits per heavy atom. The lowest BCUT2D eigenvalue weighted by molar-refractivity contribution is -0.178. The van der Waals surface area contributed by atoms with E-state index in [0.717, 1.165) is 38.5 Å². The van der Waals surface area contributed by atoms with E-state index >= 15 is 0 Å². The molecule has 0 aromatic carbocycles. The van der Waals surface area contributed by atoms with Gasteiger partial charge in [-0.25, -0.2) is 0 Å². The first kappa shape index (κ1) is 22.6. The second-order valence-electron chi connectivity index (χ2n) is 10.9. The van der Waals surface area contributed by atoms with E-state index in [9.17, 15) is 9.59 Å². The SMILES string of the molecule is CC(=O)OCC[C@@H](C)CC[C@@H]1[C@@]2(C)CC[C@H](OC(C)=O)C(C)(C)[C@@H]2C[C@@H]2O[C@@]21C. The lowest BCUT2D eigenvalue weighted by Gasteiger charge is -2.59. The lowest BCUT2D eigenvalue weighted by Crippen LogP contribution is -2.59. The Hall–Kier alpha value is -1.10. The van der Waals surface area contributed by atoms with Crippen molar-refractivity contribution in [3.05, 3.63) is 0 Å². The van der Waals surface area contributed by atoms with E-state index in [1.807, 2.05) is 0 Å². The summed E-state index contributed by atoms with van der Waals surface area (Å²) in [5, 5.41) is 0. The maximum atomic E-state index is 11.7. The highest BCUT2D eigenvalue weighted by atomic mass is 16.6. The fraction of sp³-hybridized carbons (Fsp3) is 0.917. The first-order chi connectivity index (χ1) is 13.4. The molecule has 1 aliphatic heterocycles. The van der Waals surface area contributed by atoms with Crippen LogP contribution in [0.5, 0.6) is 0 Å². The van der Waals surface area contributed by atoms with Gasteiger partial charge >= 0.3 is 11.9 Å². The highest BCUT2D eigenvalue weighted by molar-refractivity contribution is 5.66. The van der Waals surface area contributed by atoms with Crippen LogP contribution in [0.3, 0.4) is 0 Å². The molecule has 166 valence electrons. The summed E-state index contributed by atoms with van der Waals surface area (Å²) < 4.78 is 17.2. The van der Waals surface area contributed by atoms with Gasteiger partial charge in [-0.15, -0.1) is 0 Å². The third kappa shape index (κ3) is 4.22. The van der Waals surface area contributed by atoms with E-state index in [4.69, 9.17) is 14.2 Å². The van der Waals surface area contributed by atoms with E-state index in [0.29, 0.717) is 30.5 Å². The summed E-state index contributed by atoms with van der Waals surface area (Å²) in [5.74, 6) is 1.13. The molecule has 0 aromatic heterocycles. The van der Waals surface area contributed by atoms with Crippen molar-refractivity contribution < 1.29 is 23.8 Å². The Labute approximate surface area is 176 Å². The zero-order chi connectivity index (χ0) is 21.6. The zero-order valence-electron chi connectivity index (χ0n) is 19.4. The fourth-order valence-corrected chi connectivity index (χ4v) is 6.81. The van der Waals surface area contributed by atoms with Crippen LogP contribution < -0.4 is 0 Å². The largest absolute Gasteiger partial charge is 0.466 e.